The third-order valence-electron chi connectivity index (χ3n) is 2.60. The van der Waals surface area contributed by atoms with Crippen LogP contribution in [0.25, 0.3) is 0 Å². The second kappa shape index (κ2) is 5.07. The average molecular weight is 185 g/mol. The minimum atomic E-state index is 0.0400. The maximum absolute atomic E-state index is 11.4. The number of carbonyl (C=O) groups is 1. The number of nitrogens with zero attached hydrogens (tertiary/aromatic N) is 1. The highest BCUT2D eigenvalue weighted by Crippen LogP contribution is 2.18. The van der Waals surface area contributed by atoms with Crippen LogP contribution < -0.4 is 11.1 Å². The highest BCUT2D eigenvalue weighted by molar-refractivity contribution is 5.74. The highest BCUT2D eigenvalue weighted by atomic mass is 16.2. The van der Waals surface area contributed by atoms with Crippen LogP contribution in [0.2, 0.25) is 0 Å². The van der Waals surface area contributed by atoms with Gasteiger partial charge in [0.1, 0.15) is 0 Å². The van der Waals surface area contributed by atoms with Crippen LogP contribution >= 0.6 is 0 Å². The Morgan fingerprint density at radius 3 is 3.00 bits per heavy atom. The first-order valence-electron chi connectivity index (χ1n) is 4.98. The number of nitrogens with two attached hydrogens (primary N) is 1. The third-order valence-corrected chi connectivity index (χ3v) is 2.60. The van der Waals surface area contributed by atoms with Crippen molar-refractivity contribution in [1.29, 1.82) is 0 Å². The Kier molecular flexibility index (Phi) is 4.02. The molecule has 1 heterocycles. The van der Waals surface area contributed by atoms with E-state index >= 15 is 0 Å². The zero-order chi connectivity index (χ0) is 9.68. The van der Waals surface area contributed by atoms with Gasteiger partial charge in [-0.2, -0.15) is 0 Å². The lowest BCUT2D eigenvalue weighted by atomic mass is 10.00. The topological polar surface area (TPSA) is 58.4 Å². The van der Waals surface area contributed by atoms with Crippen LogP contribution in [0.4, 0.5) is 4.79 Å². The van der Waals surface area contributed by atoms with Crippen LogP contribution in [-0.4, -0.2) is 37.1 Å². The molecule has 0 aromatic rings. The summed E-state index contributed by atoms with van der Waals surface area (Å²) in [6.07, 6.45) is 4.37. The van der Waals surface area contributed by atoms with Crippen molar-refractivity contribution in [3.63, 3.8) is 0 Å². The molecule has 4 nitrogen and oxygen atoms in total. The minimum absolute atomic E-state index is 0.0400. The molecule has 0 spiro atoms. The number of hydrogen-bond donors (Lipinski definition) is 2. The quantitative estimate of drug-likeness (QED) is 0.659. The molecule has 1 unspecified atom stereocenters. The number of urea groups is 1. The van der Waals surface area contributed by atoms with Crippen molar-refractivity contribution < 1.29 is 4.79 Å². The second-order valence-corrected chi connectivity index (χ2v) is 3.48. The molecule has 1 saturated heterocycles. The van der Waals surface area contributed by atoms with Gasteiger partial charge in [0.2, 0.25) is 0 Å². The Hall–Kier alpha value is -0.770. The zero-order valence-corrected chi connectivity index (χ0v) is 8.25. The minimum Gasteiger partial charge on any atom is -0.341 e. The van der Waals surface area contributed by atoms with Crippen molar-refractivity contribution in [3.8, 4) is 0 Å². The van der Waals surface area contributed by atoms with Crippen molar-refractivity contribution in [1.82, 2.24) is 10.2 Å². The number of hydrogen-bond acceptors (Lipinski definition) is 2. The van der Waals surface area contributed by atoms with Crippen molar-refractivity contribution in [2.24, 2.45) is 5.73 Å². The van der Waals surface area contributed by atoms with E-state index in [1.165, 1.54) is 6.42 Å². The van der Waals surface area contributed by atoms with Crippen molar-refractivity contribution in [2.45, 2.75) is 31.7 Å². The predicted molar refractivity (Wildman–Crippen MR) is 52.5 cm³/mol. The van der Waals surface area contributed by atoms with Crippen LogP contribution in [0.5, 0.6) is 0 Å². The van der Waals surface area contributed by atoms with E-state index in [1.807, 2.05) is 4.90 Å². The molecular weight excluding hydrogens is 166 g/mol. The van der Waals surface area contributed by atoms with Crippen molar-refractivity contribution in [2.75, 3.05) is 20.1 Å². The number of carbonyl (C=O) groups excluding carboxylic acids is 1. The molecule has 3 N–H and O–H groups in total. The first-order chi connectivity index (χ1) is 6.29. The third kappa shape index (κ3) is 2.59. The van der Waals surface area contributed by atoms with E-state index < -0.39 is 0 Å². The molecule has 1 atom stereocenters. The summed E-state index contributed by atoms with van der Waals surface area (Å²) in [6, 6.07) is 0.400. The SMILES string of the molecule is CNC(=O)N1CCCCC1CCN. The van der Waals surface area contributed by atoms with Gasteiger partial charge in [-0.15, -0.1) is 0 Å². The van der Waals surface area contributed by atoms with Crippen LogP contribution in [0.15, 0.2) is 0 Å². The highest BCUT2D eigenvalue weighted by Gasteiger charge is 2.24. The Balaban J connectivity index is 2.50. The molecule has 0 aromatic heterocycles. The molecule has 13 heavy (non-hydrogen) atoms. The number of piperidine rings is 1. The number of likely N-dealkylation sites (tertiary alicyclic amines) is 1. The van der Waals surface area contributed by atoms with Gasteiger partial charge in [-0.3, -0.25) is 0 Å². The second-order valence-electron chi connectivity index (χ2n) is 3.48. The molecule has 0 radical (unpaired) electrons. The van der Waals surface area contributed by atoms with Gasteiger partial charge in [-0.1, -0.05) is 0 Å². The summed E-state index contributed by atoms with van der Waals surface area (Å²) in [4.78, 5) is 13.3. The van der Waals surface area contributed by atoms with E-state index in [9.17, 15) is 4.79 Å². The van der Waals surface area contributed by atoms with Gasteiger partial charge in [0.05, 0.1) is 0 Å². The summed E-state index contributed by atoms with van der Waals surface area (Å²) in [5, 5.41) is 2.67. The lowest BCUT2D eigenvalue weighted by Gasteiger charge is -2.35. The molecule has 1 aliphatic heterocycles. The lowest BCUT2D eigenvalue weighted by Crippen LogP contribution is -2.48. The largest absolute Gasteiger partial charge is 0.341 e. The Labute approximate surface area is 79.5 Å². The molecule has 2 amide bonds. The molecule has 1 fully saturated rings. The summed E-state index contributed by atoms with van der Waals surface area (Å²) in [5.41, 5.74) is 5.50. The lowest BCUT2D eigenvalue weighted by molar-refractivity contribution is 0.149. The standard InChI is InChI=1S/C9H19N3O/c1-11-9(13)12-7-3-2-4-8(12)5-6-10/h8H,2-7,10H2,1H3,(H,11,13). The summed E-state index contributed by atoms with van der Waals surface area (Å²) in [7, 11) is 1.68. The van der Waals surface area contributed by atoms with E-state index in [0.29, 0.717) is 12.6 Å². The van der Waals surface area contributed by atoms with E-state index in [4.69, 9.17) is 5.73 Å². The van der Waals surface area contributed by atoms with E-state index in [0.717, 1.165) is 25.8 Å². The molecule has 1 rings (SSSR count). The summed E-state index contributed by atoms with van der Waals surface area (Å²) >= 11 is 0. The smallest absolute Gasteiger partial charge is 0.317 e. The fraction of sp³-hybridized carbons (Fsp3) is 0.889. The zero-order valence-electron chi connectivity index (χ0n) is 8.25. The molecule has 1 aliphatic rings. The van der Waals surface area contributed by atoms with E-state index in [1.54, 1.807) is 7.05 Å². The van der Waals surface area contributed by atoms with E-state index in [-0.39, 0.29) is 6.03 Å². The van der Waals surface area contributed by atoms with Gasteiger partial charge in [-0.25, -0.2) is 4.79 Å². The summed E-state index contributed by atoms with van der Waals surface area (Å²) in [6.45, 7) is 1.54. The van der Waals surface area contributed by atoms with Crippen LogP contribution in [0.3, 0.4) is 0 Å². The van der Waals surface area contributed by atoms with E-state index in [2.05, 4.69) is 5.32 Å². The normalized spacial score (nSPS) is 22.9. The van der Waals surface area contributed by atoms with Crippen LogP contribution in [0.1, 0.15) is 25.7 Å². The monoisotopic (exact) mass is 185 g/mol. The van der Waals surface area contributed by atoms with Crippen LogP contribution in [0, 0.1) is 0 Å². The summed E-state index contributed by atoms with van der Waals surface area (Å²) in [5.74, 6) is 0. The molecule has 0 aliphatic carbocycles. The first kappa shape index (κ1) is 10.3. The van der Waals surface area contributed by atoms with Gasteiger partial charge < -0.3 is 16.0 Å². The van der Waals surface area contributed by atoms with Gasteiger partial charge >= 0.3 is 6.03 Å². The molecule has 4 heteroatoms. The Morgan fingerprint density at radius 2 is 2.38 bits per heavy atom. The molecular formula is C9H19N3O. The molecule has 0 saturated carbocycles. The number of rotatable bonds is 2. The summed E-state index contributed by atoms with van der Waals surface area (Å²) < 4.78 is 0. The fourth-order valence-electron chi connectivity index (χ4n) is 1.90. The van der Waals surface area contributed by atoms with Gasteiger partial charge in [0.25, 0.3) is 0 Å². The first-order valence-corrected chi connectivity index (χ1v) is 4.98. The Bertz CT molecular complexity index is 170. The maximum atomic E-state index is 11.4. The number of nitrogens with one attached hydrogen (secondary N) is 1. The molecule has 0 aromatic carbocycles. The van der Waals surface area contributed by atoms with Gasteiger partial charge in [-0.05, 0) is 32.2 Å². The van der Waals surface area contributed by atoms with Gasteiger partial charge in [0.15, 0.2) is 0 Å². The number of amides is 2. The van der Waals surface area contributed by atoms with Crippen LogP contribution in [-0.2, 0) is 0 Å². The predicted octanol–water partition coefficient (Wildman–Crippen LogP) is 0.529. The van der Waals surface area contributed by atoms with Crippen molar-refractivity contribution >= 4 is 6.03 Å². The molecule has 0 bridgehead atoms. The fourth-order valence-corrected chi connectivity index (χ4v) is 1.90. The Morgan fingerprint density at radius 1 is 1.62 bits per heavy atom. The average Bonchev–Trinajstić information content (AvgIpc) is 2.18. The molecule has 76 valence electrons. The van der Waals surface area contributed by atoms with Gasteiger partial charge in [0, 0.05) is 19.6 Å². The maximum Gasteiger partial charge on any atom is 0.317 e. The van der Waals surface area contributed by atoms with Crippen molar-refractivity contribution in [3.05, 3.63) is 0 Å².